The molecule has 0 aliphatic rings. The Bertz CT molecular complexity index is 1660. The second-order valence-corrected chi connectivity index (χ2v) is 13.6. The highest BCUT2D eigenvalue weighted by atomic mass is 19.1. The summed E-state index contributed by atoms with van der Waals surface area (Å²) in [7, 11) is 3.17. The summed E-state index contributed by atoms with van der Waals surface area (Å²) < 4.78 is 25.8. The van der Waals surface area contributed by atoms with Gasteiger partial charge >= 0.3 is 12.1 Å². The monoisotopic (exact) mass is 676 g/mol. The summed E-state index contributed by atoms with van der Waals surface area (Å²) in [4.78, 5) is 67.3. The Morgan fingerprint density at radius 1 is 0.776 bits per heavy atom. The quantitative estimate of drug-likeness (QED) is 0.121. The molecule has 0 atom stereocenters. The van der Waals surface area contributed by atoms with E-state index in [1.165, 1.54) is 42.3 Å². The Morgan fingerprint density at radius 2 is 1.37 bits per heavy atom. The molecule has 3 aromatic carbocycles. The van der Waals surface area contributed by atoms with Crippen molar-refractivity contribution in [3.8, 4) is 0 Å². The van der Waals surface area contributed by atoms with E-state index in [1.807, 2.05) is 30.3 Å². The fraction of sp³-hybridized carbons (Fsp3) is 0.378. The molecule has 2 N–H and O–H groups in total. The van der Waals surface area contributed by atoms with Crippen LogP contribution in [0.4, 0.5) is 26.2 Å². The summed E-state index contributed by atoms with van der Waals surface area (Å²) in [5.74, 6) is -3.16. The van der Waals surface area contributed by atoms with Crippen molar-refractivity contribution in [2.75, 3.05) is 36.2 Å². The van der Waals surface area contributed by atoms with Gasteiger partial charge in [0, 0.05) is 44.9 Å². The van der Waals surface area contributed by atoms with Crippen LogP contribution in [0.5, 0.6) is 0 Å². The number of hydrogen-bond acceptors (Lipinski definition) is 8. The van der Waals surface area contributed by atoms with Crippen molar-refractivity contribution < 1.29 is 37.8 Å². The molecule has 3 amide bonds. The average molecular weight is 677 g/mol. The Hall–Kier alpha value is -5.26. The molecule has 0 bridgehead atoms. The smallest absolute Gasteiger partial charge is 0.410 e. The molecule has 0 unspecified atom stereocenters. The van der Waals surface area contributed by atoms with Crippen molar-refractivity contribution in [3.05, 3.63) is 89.2 Å². The third-order valence-electron chi connectivity index (χ3n) is 6.82. The Balaban J connectivity index is 1.81. The summed E-state index contributed by atoms with van der Waals surface area (Å²) in [5, 5.41) is 5.27. The predicted octanol–water partition coefficient (Wildman–Crippen LogP) is 6.82. The van der Waals surface area contributed by atoms with E-state index < -0.39 is 53.1 Å². The van der Waals surface area contributed by atoms with E-state index in [1.54, 1.807) is 53.5 Å². The highest BCUT2D eigenvalue weighted by Gasteiger charge is 2.25. The first-order valence-electron chi connectivity index (χ1n) is 15.8. The third-order valence-corrected chi connectivity index (χ3v) is 6.82. The lowest BCUT2D eigenvalue weighted by Gasteiger charge is -2.26. The van der Waals surface area contributed by atoms with E-state index in [4.69, 9.17) is 9.47 Å². The summed E-state index contributed by atoms with van der Waals surface area (Å²) >= 11 is 0. The molecule has 0 radical (unpaired) electrons. The van der Waals surface area contributed by atoms with Crippen LogP contribution >= 0.6 is 0 Å². The highest BCUT2D eigenvalue weighted by Crippen LogP contribution is 2.33. The highest BCUT2D eigenvalue weighted by molar-refractivity contribution is 6.13. The standard InChI is InChI=1S/C37H45FN4O7/c1-36(2,3)48-34(46)25-14-16-27(17-15-25)39-31(44)22-32(45)40-33-28(30(43)18-19-41(7)35(47)49-37(4,5)6)20-26(38)21-29(33)42(8)23-24-12-10-9-11-13-24/h9-17,20-21H,18-19,22-23H2,1-8H3,(H,39,44)(H,40,45). The SMILES string of the molecule is CN(CCC(=O)c1cc(F)cc(N(C)Cc2ccccc2)c1NC(=O)CC(=O)Nc1ccc(C(=O)OC(C)(C)C)cc1)C(=O)OC(C)(C)C. The van der Waals surface area contributed by atoms with Crippen molar-refractivity contribution >= 4 is 46.7 Å². The first kappa shape index (κ1) is 38.2. The number of carbonyl (C=O) groups is 5. The number of Topliss-reactive ketones (excluding diaryl/α,β-unsaturated/α-hetero) is 1. The molecule has 0 fully saturated rings. The molecule has 0 spiro atoms. The fourth-order valence-electron chi connectivity index (χ4n) is 4.58. The van der Waals surface area contributed by atoms with E-state index in [0.717, 1.165) is 11.6 Å². The molecule has 3 aromatic rings. The third kappa shape index (κ3) is 12.4. The van der Waals surface area contributed by atoms with Gasteiger partial charge in [-0.1, -0.05) is 30.3 Å². The van der Waals surface area contributed by atoms with Crippen molar-refractivity contribution in [1.82, 2.24) is 4.90 Å². The van der Waals surface area contributed by atoms with Gasteiger partial charge in [-0.2, -0.15) is 0 Å². The molecule has 0 aliphatic heterocycles. The molecule has 0 aliphatic carbocycles. The summed E-state index contributed by atoms with van der Waals surface area (Å²) in [6.45, 7) is 10.7. The maximum atomic E-state index is 15.1. The maximum Gasteiger partial charge on any atom is 0.410 e. The normalized spacial score (nSPS) is 11.3. The van der Waals surface area contributed by atoms with Gasteiger partial charge < -0.3 is 29.9 Å². The van der Waals surface area contributed by atoms with Gasteiger partial charge in [-0.25, -0.2) is 14.0 Å². The first-order valence-corrected chi connectivity index (χ1v) is 15.8. The number of benzene rings is 3. The first-order chi connectivity index (χ1) is 22.8. The van der Waals surface area contributed by atoms with Gasteiger partial charge in [0.1, 0.15) is 23.4 Å². The molecule has 262 valence electrons. The van der Waals surface area contributed by atoms with Crippen molar-refractivity contribution in [2.45, 2.75) is 72.1 Å². The van der Waals surface area contributed by atoms with Crippen LogP contribution in [0.1, 0.15) is 80.7 Å². The van der Waals surface area contributed by atoms with E-state index >= 15 is 4.39 Å². The zero-order chi connectivity index (χ0) is 36.5. The van der Waals surface area contributed by atoms with Gasteiger partial charge in [-0.15, -0.1) is 0 Å². The Kier molecular flexibility index (Phi) is 12.6. The van der Waals surface area contributed by atoms with Crippen LogP contribution in [-0.4, -0.2) is 66.4 Å². The number of ketones is 1. The summed E-state index contributed by atoms with van der Waals surface area (Å²) in [6.07, 6.45) is -1.44. The second kappa shape index (κ2) is 16.2. The van der Waals surface area contributed by atoms with Gasteiger partial charge in [0.25, 0.3) is 0 Å². The van der Waals surface area contributed by atoms with Crippen LogP contribution in [0.3, 0.4) is 0 Å². The summed E-state index contributed by atoms with van der Waals surface area (Å²) in [6, 6.07) is 17.6. The minimum atomic E-state index is -0.747. The molecular formula is C37H45FN4O7. The molecule has 0 heterocycles. The van der Waals surface area contributed by atoms with Gasteiger partial charge in [-0.3, -0.25) is 14.4 Å². The van der Waals surface area contributed by atoms with E-state index in [9.17, 15) is 24.0 Å². The predicted molar refractivity (Wildman–Crippen MR) is 186 cm³/mol. The number of esters is 1. The van der Waals surface area contributed by atoms with E-state index in [0.29, 0.717) is 17.8 Å². The Labute approximate surface area is 286 Å². The number of amides is 3. The zero-order valence-corrected chi connectivity index (χ0v) is 29.3. The van der Waals surface area contributed by atoms with E-state index in [2.05, 4.69) is 10.6 Å². The van der Waals surface area contributed by atoms with Crippen molar-refractivity contribution in [1.29, 1.82) is 0 Å². The lowest BCUT2D eigenvalue weighted by atomic mass is 10.0. The number of rotatable bonds is 12. The van der Waals surface area contributed by atoms with Gasteiger partial charge in [-0.05, 0) is 83.5 Å². The molecular weight excluding hydrogens is 631 g/mol. The van der Waals surface area contributed by atoms with E-state index in [-0.39, 0.29) is 29.9 Å². The number of anilines is 3. The Morgan fingerprint density at radius 3 is 1.96 bits per heavy atom. The number of ether oxygens (including phenoxy) is 2. The second-order valence-electron chi connectivity index (χ2n) is 13.6. The number of halogens is 1. The molecule has 11 nitrogen and oxygen atoms in total. The van der Waals surface area contributed by atoms with Crippen LogP contribution in [0, 0.1) is 5.82 Å². The van der Waals surface area contributed by atoms with Gasteiger partial charge in [0.05, 0.1) is 16.9 Å². The zero-order valence-electron chi connectivity index (χ0n) is 29.3. The number of carbonyl (C=O) groups excluding carboxylic acids is 5. The average Bonchev–Trinajstić information content (AvgIpc) is 2.99. The lowest BCUT2D eigenvalue weighted by molar-refractivity contribution is -0.123. The number of hydrogen-bond donors (Lipinski definition) is 2. The molecule has 49 heavy (non-hydrogen) atoms. The molecule has 0 saturated heterocycles. The number of nitrogens with zero attached hydrogens (tertiary/aromatic N) is 2. The van der Waals surface area contributed by atoms with Crippen molar-refractivity contribution in [3.63, 3.8) is 0 Å². The van der Waals surface area contributed by atoms with Crippen LogP contribution in [0.2, 0.25) is 0 Å². The summed E-state index contributed by atoms with van der Waals surface area (Å²) in [5.41, 5.74) is 0.282. The fourth-order valence-corrected chi connectivity index (χ4v) is 4.58. The largest absolute Gasteiger partial charge is 0.456 e. The van der Waals surface area contributed by atoms with Crippen molar-refractivity contribution in [2.24, 2.45) is 0 Å². The molecule has 0 saturated carbocycles. The van der Waals surface area contributed by atoms with Crippen LogP contribution < -0.4 is 15.5 Å². The molecule has 3 rings (SSSR count). The van der Waals surface area contributed by atoms with Gasteiger partial charge in [0.2, 0.25) is 11.8 Å². The minimum absolute atomic E-state index is 0.0258. The van der Waals surface area contributed by atoms with Crippen LogP contribution in [0.15, 0.2) is 66.7 Å². The number of nitrogens with one attached hydrogen (secondary N) is 2. The molecule has 0 aromatic heterocycles. The maximum absolute atomic E-state index is 15.1. The lowest BCUT2D eigenvalue weighted by Crippen LogP contribution is -2.35. The van der Waals surface area contributed by atoms with Gasteiger partial charge in [0.15, 0.2) is 5.78 Å². The van der Waals surface area contributed by atoms with Crippen LogP contribution in [-0.2, 0) is 25.6 Å². The topological polar surface area (TPSA) is 134 Å². The molecule has 12 heteroatoms. The minimum Gasteiger partial charge on any atom is -0.456 e. The van der Waals surface area contributed by atoms with Crippen LogP contribution in [0.25, 0.3) is 0 Å².